The van der Waals surface area contributed by atoms with Crippen LogP contribution in [0.4, 0.5) is 0 Å². The molecule has 1 fully saturated rings. The molecule has 130 valence electrons. The van der Waals surface area contributed by atoms with Gasteiger partial charge in [0.05, 0.1) is 6.04 Å². The van der Waals surface area contributed by atoms with E-state index in [0.717, 1.165) is 30.0 Å². The lowest BCUT2D eigenvalue weighted by Gasteiger charge is -2.22. The summed E-state index contributed by atoms with van der Waals surface area (Å²) in [5, 5.41) is 3.39. The zero-order chi connectivity index (χ0) is 17.1. The number of amides is 1. The maximum Gasteiger partial charge on any atom is 0.240 e. The molecule has 4 rings (SSSR count). The van der Waals surface area contributed by atoms with Crippen LogP contribution in [-0.4, -0.2) is 36.6 Å². The summed E-state index contributed by atoms with van der Waals surface area (Å²) < 4.78 is 11.3. The Hall–Kier alpha value is -2.53. The predicted molar refractivity (Wildman–Crippen MR) is 94.5 cm³/mol. The van der Waals surface area contributed by atoms with Gasteiger partial charge in [-0.05, 0) is 18.1 Å². The summed E-state index contributed by atoms with van der Waals surface area (Å²) in [4.78, 5) is 14.6. The third kappa shape index (κ3) is 3.46. The second kappa shape index (κ2) is 7.15. The van der Waals surface area contributed by atoms with Crippen molar-refractivity contribution in [1.29, 1.82) is 0 Å². The van der Waals surface area contributed by atoms with Gasteiger partial charge in [0.1, 0.15) is 13.2 Å². The fourth-order valence-corrected chi connectivity index (χ4v) is 3.40. The van der Waals surface area contributed by atoms with Crippen molar-refractivity contribution in [2.75, 3.05) is 19.8 Å². The van der Waals surface area contributed by atoms with Gasteiger partial charge in [0.25, 0.3) is 0 Å². The van der Waals surface area contributed by atoms with Gasteiger partial charge in [-0.15, -0.1) is 0 Å². The molecule has 0 bridgehead atoms. The van der Waals surface area contributed by atoms with Crippen molar-refractivity contribution in [3.63, 3.8) is 0 Å². The van der Waals surface area contributed by atoms with Crippen molar-refractivity contribution in [3.05, 3.63) is 59.7 Å². The first-order valence-corrected chi connectivity index (χ1v) is 8.75. The van der Waals surface area contributed by atoms with Crippen molar-refractivity contribution < 1.29 is 14.3 Å². The Labute approximate surface area is 147 Å². The lowest BCUT2D eigenvalue weighted by atomic mass is 10.1. The summed E-state index contributed by atoms with van der Waals surface area (Å²) in [7, 11) is 0. The number of ether oxygens (including phenoxy) is 2. The Morgan fingerprint density at radius 1 is 1.04 bits per heavy atom. The maximum absolute atomic E-state index is 12.6. The van der Waals surface area contributed by atoms with Gasteiger partial charge in [0.2, 0.25) is 5.91 Å². The summed E-state index contributed by atoms with van der Waals surface area (Å²) in [6.07, 6.45) is 0.831. The Bertz CT molecular complexity index is 748. The molecule has 1 atom stereocenters. The van der Waals surface area contributed by atoms with E-state index in [-0.39, 0.29) is 11.9 Å². The monoisotopic (exact) mass is 338 g/mol. The van der Waals surface area contributed by atoms with Crippen molar-refractivity contribution in [3.8, 4) is 11.5 Å². The molecule has 2 aliphatic rings. The molecule has 2 aromatic rings. The maximum atomic E-state index is 12.6. The lowest BCUT2D eigenvalue weighted by Crippen LogP contribution is -2.37. The highest BCUT2D eigenvalue weighted by atomic mass is 16.6. The number of benzene rings is 2. The van der Waals surface area contributed by atoms with Crippen molar-refractivity contribution >= 4 is 5.91 Å². The van der Waals surface area contributed by atoms with Crippen LogP contribution >= 0.6 is 0 Å². The molecule has 0 saturated carbocycles. The van der Waals surface area contributed by atoms with Crippen LogP contribution in [0, 0.1) is 0 Å². The number of likely N-dealkylation sites (tertiary alicyclic amines) is 1. The van der Waals surface area contributed by atoms with Gasteiger partial charge in [-0.2, -0.15) is 0 Å². The highest BCUT2D eigenvalue weighted by Gasteiger charge is 2.31. The van der Waals surface area contributed by atoms with Crippen LogP contribution in [-0.2, 0) is 17.9 Å². The van der Waals surface area contributed by atoms with E-state index in [4.69, 9.17) is 9.47 Å². The van der Waals surface area contributed by atoms with Crippen LogP contribution in [0.2, 0.25) is 0 Å². The average molecular weight is 338 g/mol. The van der Waals surface area contributed by atoms with E-state index >= 15 is 0 Å². The zero-order valence-electron chi connectivity index (χ0n) is 14.1. The molecule has 1 amide bonds. The second-order valence-corrected chi connectivity index (χ2v) is 6.41. The number of rotatable bonds is 5. The molecule has 5 nitrogen and oxygen atoms in total. The Kier molecular flexibility index (Phi) is 4.57. The molecule has 2 aromatic carbocycles. The highest BCUT2D eigenvalue weighted by Crippen LogP contribution is 2.33. The first-order valence-electron chi connectivity index (χ1n) is 8.75. The molecular weight excluding hydrogens is 316 g/mol. The van der Waals surface area contributed by atoms with Crippen molar-refractivity contribution in [2.24, 2.45) is 0 Å². The number of carbonyl (C=O) groups excluding carboxylic acids is 1. The minimum absolute atomic E-state index is 0.135. The molecule has 0 unspecified atom stereocenters. The van der Waals surface area contributed by atoms with Gasteiger partial charge < -0.3 is 19.7 Å². The first kappa shape index (κ1) is 16.0. The van der Waals surface area contributed by atoms with Crippen LogP contribution in [0.5, 0.6) is 11.5 Å². The fourth-order valence-electron chi connectivity index (χ4n) is 3.40. The zero-order valence-corrected chi connectivity index (χ0v) is 14.1. The normalized spacial score (nSPS) is 19.3. The van der Waals surface area contributed by atoms with Gasteiger partial charge in [-0.3, -0.25) is 4.79 Å². The van der Waals surface area contributed by atoms with E-state index in [2.05, 4.69) is 17.4 Å². The van der Waals surface area contributed by atoms with E-state index in [9.17, 15) is 4.79 Å². The van der Waals surface area contributed by atoms with Crippen LogP contribution in [0.15, 0.2) is 48.5 Å². The number of hydrogen-bond acceptors (Lipinski definition) is 4. The topological polar surface area (TPSA) is 50.8 Å². The van der Waals surface area contributed by atoms with Gasteiger partial charge in [-0.25, -0.2) is 0 Å². The second-order valence-electron chi connectivity index (χ2n) is 6.41. The largest absolute Gasteiger partial charge is 0.486 e. The molecule has 2 heterocycles. The smallest absolute Gasteiger partial charge is 0.240 e. The van der Waals surface area contributed by atoms with E-state index in [1.54, 1.807) is 0 Å². The summed E-state index contributed by atoms with van der Waals surface area (Å²) >= 11 is 0. The summed E-state index contributed by atoms with van der Waals surface area (Å²) in [6, 6.07) is 15.9. The van der Waals surface area contributed by atoms with Gasteiger partial charge in [0.15, 0.2) is 11.5 Å². The predicted octanol–water partition coefficient (Wildman–Crippen LogP) is 2.35. The lowest BCUT2D eigenvalue weighted by molar-refractivity contribution is -0.129. The number of carbonyl (C=O) groups is 1. The molecule has 25 heavy (non-hydrogen) atoms. The molecule has 2 aliphatic heterocycles. The Morgan fingerprint density at radius 2 is 1.88 bits per heavy atom. The quantitative estimate of drug-likeness (QED) is 0.909. The third-order valence-electron chi connectivity index (χ3n) is 4.70. The molecule has 1 saturated heterocycles. The number of nitrogens with zero attached hydrogens (tertiary/aromatic N) is 1. The van der Waals surface area contributed by atoms with E-state index in [1.165, 1.54) is 5.56 Å². The molecular formula is C20H22N2O3. The van der Waals surface area contributed by atoms with Crippen LogP contribution in [0.1, 0.15) is 17.5 Å². The molecule has 1 N–H and O–H groups in total. The Morgan fingerprint density at radius 3 is 2.76 bits per heavy atom. The Balaban J connectivity index is 1.37. The number of nitrogens with one attached hydrogen (secondary N) is 1. The summed E-state index contributed by atoms with van der Waals surface area (Å²) in [6.45, 7) is 3.21. The molecule has 0 aromatic heterocycles. The minimum atomic E-state index is -0.135. The number of fused-ring (bicyclic) bond motifs is 1. The SMILES string of the molecule is O=C1[C@H](NCc2cccc3c2OCCO3)CCN1Cc1ccccc1. The van der Waals surface area contributed by atoms with Crippen LogP contribution < -0.4 is 14.8 Å². The van der Waals surface area contributed by atoms with Gasteiger partial charge in [0, 0.05) is 25.2 Å². The van der Waals surface area contributed by atoms with Gasteiger partial charge >= 0.3 is 0 Å². The molecule has 0 spiro atoms. The molecule has 0 radical (unpaired) electrons. The number of para-hydroxylation sites is 1. The third-order valence-corrected chi connectivity index (χ3v) is 4.70. The average Bonchev–Trinajstić information content (AvgIpc) is 3.00. The van der Waals surface area contributed by atoms with E-state index < -0.39 is 0 Å². The van der Waals surface area contributed by atoms with E-state index in [0.29, 0.717) is 26.3 Å². The summed E-state index contributed by atoms with van der Waals surface area (Å²) in [5.74, 6) is 1.76. The van der Waals surface area contributed by atoms with Crippen LogP contribution in [0.25, 0.3) is 0 Å². The van der Waals surface area contributed by atoms with E-state index in [1.807, 2.05) is 41.3 Å². The fraction of sp³-hybridized carbons (Fsp3) is 0.350. The first-order chi connectivity index (χ1) is 12.3. The standard InChI is InChI=1S/C20H22N2O3/c23-20-17(9-10-22(20)14-15-5-2-1-3-6-15)21-13-16-7-4-8-18-19(16)25-12-11-24-18/h1-8,17,21H,9-14H2/t17-/m1/s1. The molecule has 0 aliphatic carbocycles. The summed E-state index contributed by atoms with van der Waals surface area (Å²) in [5.41, 5.74) is 2.20. The number of hydrogen-bond donors (Lipinski definition) is 1. The molecule has 5 heteroatoms. The van der Waals surface area contributed by atoms with Crippen LogP contribution in [0.3, 0.4) is 0 Å². The van der Waals surface area contributed by atoms with Gasteiger partial charge in [-0.1, -0.05) is 42.5 Å². The highest BCUT2D eigenvalue weighted by molar-refractivity contribution is 5.84. The minimum Gasteiger partial charge on any atom is -0.486 e. The van der Waals surface area contributed by atoms with Crippen molar-refractivity contribution in [1.82, 2.24) is 10.2 Å². The van der Waals surface area contributed by atoms with Crippen molar-refractivity contribution in [2.45, 2.75) is 25.6 Å².